The first-order valence-electron chi connectivity index (χ1n) is 7.39. The van der Waals surface area contributed by atoms with Crippen LogP contribution in [0.25, 0.3) is 10.9 Å². The van der Waals surface area contributed by atoms with E-state index in [9.17, 15) is 8.42 Å². The van der Waals surface area contributed by atoms with E-state index < -0.39 is 10.1 Å². The number of pyridine rings is 1. The van der Waals surface area contributed by atoms with Crippen molar-refractivity contribution < 1.29 is 17.7 Å². The van der Waals surface area contributed by atoms with E-state index in [2.05, 4.69) is 21.3 Å². The predicted octanol–water partition coefficient (Wildman–Crippen LogP) is 2.93. The zero-order valence-corrected chi connectivity index (χ0v) is 14.1. The first-order valence-corrected chi connectivity index (χ1v) is 8.80. The van der Waals surface area contributed by atoms with Crippen LogP contribution in [0.5, 0.6) is 0 Å². The normalized spacial score (nSPS) is 10.9. The van der Waals surface area contributed by atoms with Gasteiger partial charge in [-0.25, -0.2) is 0 Å². The van der Waals surface area contributed by atoms with Crippen LogP contribution in [-0.2, 0) is 14.3 Å². The van der Waals surface area contributed by atoms with Gasteiger partial charge in [-0.3, -0.25) is 9.17 Å². The van der Waals surface area contributed by atoms with Gasteiger partial charge in [0.2, 0.25) is 0 Å². The number of nitrogens with zero attached hydrogens (tertiary/aromatic N) is 1. The summed E-state index contributed by atoms with van der Waals surface area (Å²) in [6, 6.07) is 18.4. The molecule has 24 heavy (non-hydrogen) atoms. The minimum absolute atomic E-state index is 0.108. The van der Waals surface area contributed by atoms with Gasteiger partial charge in [-0.05, 0) is 31.2 Å². The van der Waals surface area contributed by atoms with Crippen molar-refractivity contribution in [3.8, 4) is 0 Å². The lowest BCUT2D eigenvalue weighted by atomic mass is 10.2. The van der Waals surface area contributed by atoms with E-state index in [1.165, 1.54) is 17.5 Å². The maximum absolute atomic E-state index is 11.4. The fraction of sp³-hybridized carbons (Fsp3) is 0.167. The number of fused-ring (bicyclic) bond motifs is 1. The van der Waals surface area contributed by atoms with Gasteiger partial charge in [-0.2, -0.15) is 8.42 Å². The minimum atomic E-state index is -3.70. The van der Waals surface area contributed by atoms with Crippen molar-refractivity contribution in [2.45, 2.75) is 11.8 Å². The van der Waals surface area contributed by atoms with Gasteiger partial charge in [-0.1, -0.05) is 42.0 Å². The zero-order chi connectivity index (χ0) is 17.4. The van der Waals surface area contributed by atoms with Gasteiger partial charge in [-0.15, -0.1) is 0 Å². The first kappa shape index (κ1) is 18.1. The topological polar surface area (TPSA) is 76.5 Å². The second kappa shape index (κ2) is 8.54. The molecule has 1 aromatic heterocycles. The van der Waals surface area contributed by atoms with Gasteiger partial charge >= 0.3 is 0 Å². The van der Waals surface area contributed by atoms with E-state index >= 15 is 0 Å². The Balaban J connectivity index is 0.000000182. The smallest absolute Gasteiger partial charge is 0.297 e. The Labute approximate surface area is 141 Å². The Morgan fingerprint density at radius 2 is 1.67 bits per heavy atom. The van der Waals surface area contributed by atoms with Crippen molar-refractivity contribution in [1.82, 2.24) is 4.98 Å². The van der Waals surface area contributed by atoms with Crippen molar-refractivity contribution in [1.29, 1.82) is 0 Å². The molecule has 0 saturated heterocycles. The predicted molar refractivity (Wildman–Crippen MR) is 93.1 cm³/mol. The number of hydrogen-bond donors (Lipinski definition) is 1. The van der Waals surface area contributed by atoms with E-state index in [1.54, 1.807) is 12.1 Å². The van der Waals surface area contributed by atoms with Crippen molar-refractivity contribution in [3.05, 3.63) is 72.4 Å². The molecular formula is C18H19NO4S. The summed E-state index contributed by atoms with van der Waals surface area (Å²) in [6.07, 6.45) is 1.81. The maximum Gasteiger partial charge on any atom is 0.297 e. The minimum Gasteiger partial charge on any atom is -0.394 e. The lowest BCUT2D eigenvalue weighted by Crippen LogP contribution is -2.09. The molecule has 0 amide bonds. The summed E-state index contributed by atoms with van der Waals surface area (Å²) in [4.78, 5) is 4.29. The number of hydrogen-bond acceptors (Lipinski definition) is 5. The SMILES string of the molecule is Cc1ccc(S(=O)(=O)OCCO)cc1.c1ccc2ncccc2c1. The van der Waals surface area contributed by atoms with Crippen LogP contribution in [0.3, 0.4) is 0 Å². The quantitative estimate of drug-likeness (QED) is 0.736. The Hall–Kier alpha value is -2.28. The standard InChI is InChI=1S/C9H7N.C9H12O4S/c1-2-6-9-8(4-1)5-3-7-10-9;1-8-2-4-9(5-3-8)14(11,12)13-7-6-10/h1-7H;2-5,10H,6-7H2,1H3. The molecule has 0 aliphatic heterocycles. The molecule has 2 aromatic carbocycles. The lowest BCUT2D eigenvalue weighted by Gasteiger charge is -2.03. The average molecular weight is 345 g/mol. The molecule has 6 heteroatoms. The molecule has 3 aromatic rings. The van der Waals surface area contributed by atoms with Crippen molar-refractivity contribution in [2.24, 2.45) is 0 Å². The highest BCUT2D eigenvalue weighted by Crippen LogP contribution is 2.12. The number of aromatic nitrogens is 1. The van der Waals surface area contributed by atoms with Crippen molar-refractivity contribution in [2.75, 3.05) is 13.2 Å². The van der Waals surface area contributed by atoms with E-state index in [1.807, 2.05) is 37.4 Å². The molecule has 126 valence electrons. The average Bonchev–Trinajstić information content (AvgIpc) is 2.61. The van der Waals surface area contributed by atoms with Crippen LogP contribution in [0.4, 0.5) is 0 Å². The van der Waals surface area contributed by atoms with Gasteiger partial charge < -0.3 is 5.11 Å². The van der Waals surface area contributed by atoms with Crippen LogP contribution in [0.1, 0.15) is 5.56 Å². The van der Waals surface area contributed by atoms with Gasteiger partial charge in [0.25, 0.3) is 10.1 Å². The molecule has 0 unspecified atom stereocenters. The molecule has 0 saturated carbocycles. The Morgan fingerprint density at radius 3 is 2.33 bits per heavy atom. The lowest BCUT2D eigenvalue weighted by molar-refractivity contribution is 0.205. The Morgan fingerprint density at radius 1 is 1.00 bits per heavy atom. The molecule has 0 radical (unpaired) electrons. The van der Waals surface area contributed by atoms with Crippen LogP contribution in [0.15, 0.2) is 71.8 Å². The zero-order valence-electron chi connectivity index (χ0n) is 13.3. The van der Waals surface area contributed by atoms with E-state index in [-0.39, 0.29) is 18.1 Å². The van der Waals surface area contributed by atoms with Gasteiger partial charge in [0.15, 0.2) is 0 Å². The summed E-state index contributed by atoms with van der Waals surface area (Å²) in [7, 11) is -3.70. The highest BCUT2D eigenvalue weighted by molar-refractivity contribution is 7.86. The third kappa shape index (κ3) is 5.13. The number of aryl methyl sites for hydroxylation is 1. The van der Waals surface area contributed by atoms with Crippen molar-refractivity contribution >= 4 is 21.0 Å². The van der Waals surface area contributed by atoms with Crippen LogP contribution in [0, 0.1) is 6.92 Å². The third-order valence-corrected chi connectivity index (χ3v) is 4.48. The molecule has 0 atom stereocenters. The first-order chi connectivity index (χ1) is 11.5. The fourth-order valence-electron chi connectivity index (χ4n) is 1.94. The van der Waals surface area contributed by atoms with Crippen LogP contribution in [0.2, 0.25) is 0 Å². The summed E-state index contributed by atoms with van der Waals surface area (Å²) < 4.78 is 27.3. The number of aliphatic hydroxyl groups excluding tert-OH is 1. The molecule has 0 spiro atoms. The highest BCUT2D eigenvalue weighted by atomic mass is 32.2. The summed E-state index contributed by atoms with van der Waals surface area (Å²) in [5, 5.41) is 9.63. The molecule has 1 N–H and O–H groups in total. The third-order valence-electron chi connectivity index (χ3n) is 3.15. The molecule has 3 rings (SSSR count). The molecule has 0 bridgehead atoms. The summed E-state index contributed by atoms with van der Waals surface area (Å²) in [5.41, 5.74) is 2.04. The largest absolute Gasteiger partial charge is 0.394 e. The van der Waals surface area contributed by atoms with E-state index in [4.69, 9.17) is 5.11 Å². The number of para-hydroxylation sites is 1. The van der Waals surface area contributed by atoms with E-state index in [0.717, 1.165) is 11.1 Å². The summed E-state index contributed by atoms with van der Waals surface area (Å²) in [6.45, 7) is 1.34. The van der Waals surface area contributed by atoms with Gasteiger partial charge in [0, 0.05) is 11.6 Å². The molecule has 5 nitrogen and oxygen atoms in total. The van der Waals surface area contributed by atoms with Crippen LogP contribution in [-0.4, -0.2) is 31.7 Å². The van der Waals surface area contributed by atoms with Gasteiger partial charge in [0.1, 0.15) is 0 Å². The fourth-order valence-corrected chi connectivity index (χ4v) is 2.84. The molecule has 0 aliphatic rings. The second-order valence-corrected chi connectivity index (χ2v) is 6.62. The number of aliphatic hydroxyl groups is 1. The number of rotatable bonds is 4. The molecule has 0 fully saturated rings. The van der Waals surface area contributed by atoms with Crippen molar-refractivity contribution in [3.63, 3.8) is 0 Å². The maximum atomic E-state index is 11.4. The molecule has 1 heterocycles. The Bertz CT molecular complexity index is 811. The van der Waals surface area contributed by atoms with Crippen LogP contribution < -0.4 is 0 Å². The second-order valence-electron chi connectivity index (χ2n) is 5.01. The van der Waals surface area contributed by atoms with E-state index in [0.29, 0.717) is 0 Å². The summed E-state index contributed by atoms with van der Waals surface area (Å²) in [5.74, 6) is 0. The monoisotopic (exact) mass is 345 g/mol. The van der Waals surface area contributed by atoms with Crippen LogP contribution >= 0.6 is 0 Å². The molecular weight excluding hydrogens is 326 g/mol. The highest BCUT2D eigenvalue weighted by Gasteiger charge is 2.13. The Kier molecular flexibility index (Phi) is 6.43. The summed E-state index contributed by atoms with van der Waals surface area (Å²) >= 11 is 0. The number of benzene rings is 2. The molecule has 0 aliphatic carbocycles. The van der Waals surface area contributed by atoms with Gasteiger partial charge in [0.05, 0.1) is 23.6 Å².